The van der Waals surface area contributed by atoms with Crippen molar-refractivity contribution in [3.63, 3.8) is 0 Å². The molecule has 1 aromatic heterocycles. The van der Waals surface area contributed by atoms with Gasteiger partial charge in [0.05, 0.1) is 23.8 Å². The molecule has 1 heterocycles. The number of nitrogens with one attached hydrogen (secondary N) is 1. The van der Waals surface area contributed by atoms with Crippen LogP contribution in [-0.2, 0) is 13.2 Å². The molecule has 0 fully saturated rings. The summed E-state index contributed by atoms with van der Waals surface area (Å²) in [6.45, 7) is 0. The zero-order valence-corrected chi connectivity index (χ0v) is 17.7. The Balaban J connectivity index is 1.94. The van der Waals surface area contributed by atoms with Crippen LogP contribution >= 0.6 is 0 Å². The average Bonchev–Trinajstić information content (AvgIpc) is 2.82. The van der Waals surface area contributed by atoms with Crippen molar-refractivity contribution in [2.75, 3.05) is 12.4 Å². The van der Waals surface area contributed by atoms with E-state index in [0.717, 1.165) is 12.1 Å². The number of hydrogen-bond acceptors (Lipinski definition) is 3. The number of amides is 1. The van der Waals surface area contributed by atoms with Crippen LogP contribution in [0, 0.1) is 0 Å². The third-order valence-electron chi connectivity index (χ3n) is 5.35. The van der Waals surface area contributed by atoms with Gasteiger partial charge in [0.2, 0.25) is 0 Å². The molecule has 0 aliphatic rings. The largest absolute Gasteiger partial charge is 0.497 e. The number of pyridine rings is 1. The van der Waals surface area contributed by atoms with Gasteiger partial charge in [0.25, 0.3) is 5.91 Å². The lowest BCUT2D eigenvalue weighted by Crippen LogP contribution is -2.21. The molecule has 168 valence electrons. The summed E-state index contributed by atoms with van der Waals surface area (Å²) >= 11 is 0. The zero-order valence-electron chi connectivity index (χ0n) is 17.7. The number of fused-ring (bicyclic) bond motifs is 1. The minimum absolute atomic E-state index is 0.0291. The highest BCUT2D eigenvalue weighted by Gasteiger charge is 2.31. The van der Waals surface area contributed by atoms with E-state index in [1.54, 1.807) is 54.1 Å². The van der Waals surface area contributed by atoms with Gasteiger partial charge in [0, 0.05) is 18.0 Å². The van der Waals surface area contributed by atoms with Crippen molar-refractivity contribution >= 4 is 22.6 Å². The minimum Gasteiger partial charge on any atom is -0.497 e. The number of hydrogen-bond donors (Lipinski definition) is 1. The first-order chi connectivity index (χ1) is 15.7. The molecule has 4 aromatic rings. The standard InChI is InChI=1S/C25H19F3N2O3/c1-30-20-12-4-3-11-19(20)22(31)21(15-7-5-9-17(13-15)25(26,27)28)23(30)29-24(32)16-8-6-10-18(14-16)33-2/h3-14H,1-2H3,(H,29,32). The van der Waals surface area contributed by atoms with Crippen LogP contribution in [0.25, 0.3) is 22.0 Å². The van der Waals surface area contributed by atoms with Crippen LogP contribution in [0.4, 0.5) is 19.0 Å². The molecular weight excluding hydrogens is 433 g/mol. The Morgan fingerprint density at radius 1 is 0.970 bits per heavy atom. The molecule has 1 N–H and O–H groups in total. The van der Waals surface area contributed by atoms with Gasteiger partial charge in [-0.3, -0.25) is 9.59 Å². The summed E-state index contributed by atoms with van der Waals surface area (Å²) in [6.07, 6.45) is -4.58. The maximum atomic E-state index is 13.4. The molecule has 0 saturated carbocycles. The number of aromatic nitrogens is 1. The highest BCUT2D eigenvalue weighted by atomic mass is 19.4. The van der Waals surface area contributed by atoms with Crippen molar-refractivity contribution in [2.45, 2.75) is 6.18 Å². The Labute approximate surface area is 187 Å². The molecule has 0 atom stereocenters. The molecule has 0 bridgehead atoms. The summed E-state index contributed by atoms with van der Waals surface area (Å²) in [7, 11) is 3.11. The van der Waals surface area contributed by atoms with E-state index in [2.05, 4.69) is 5.32 Å². The number of aryl methyl sites for hydroxylation is 1. The number of methoxy groups -OCH3 is 1. The number of rotatable bonds is 4. The molecular formula is C25H19F3N2O3. The molecule has 5 nitrogen and oxygen atoms in total. The number of ether oxygens (including phenoxy) is 1. The Kier molecular flexibility index (Phi) is 5.68. The second kappa shape index (κ2) is 8.46. The first kappa shape index (κ1) is 22.1. The molecule has 0 unspecified atom stereocenters. The van der Waals surface area contributed by atoms with Gasteiger partial charge >= 0.3 is 6.18 Å². The second-order valence-corrected chi connectivity index (χ2v) is 7.39. The smallest absolute Gasteiger partial charge is 0.416 e. The van der Waals surface area contributed by atoms with Crippen molar-refractivity contribution in [1.29, 1.82) is 0 Å². The first-order valence-electron chi connectivity index (χ1n) is 9.95. The zero-order chi connectivity index (χ0) is 23.8. The van der Waals surface area contributed by atoms with Gasteiger partial charge in [-0.2, -0.15) is 13.2 Å². The summed E-state index contributed by atoms with van der Waals surface area (Å²) in [5.41, 5.74) is -0.552. The Bertz CT molecular complexity index is 1420. The van der Waals surface area contributed by atoms with Crippen molar-refractivity contribution in [3.8, 4) is 16.9 Å². The van der Waals surface area contributed by atoms with Gasteiger partial charge in [0.1, 0.15) is 11.6 Å². The average molecular weight is 452 g/mol. The van der Waals surface area contributed by atoms with Gasteiger partial charge in [-0.15, -0.1) is 0 Å². The summed E-state index contributed by atoms with van der Waals surface area (Å²) in [5, 5.41) is 3.05. The minimum atomic E-state index is -4.58. The monoisotopic (exact) mass is 452 g/mol. The van der Waals surface area contributed by atoms with E-state index in [4.69, 9.17) is 4.74 Å². The molecule has 0 aliphatic carbocycles. The topological polar surface area (TPSA) is 60.3 Å². The highest BCUT2D eigenvalue weighted by molar-refractivity contribution is 6.07. The summed E-state index contributed by atoms with van der Waals surface area (Å²) in [4.78, 5) is 26.4. The molecule has 0 radical (unpaired) electrons. The number of alkyl halides is 3. The predicted molar refractivity (Wildman–Crippen MR) is 121 cm³/mol. The van der Waals surface area contributed by atoms with E-state index < -0.39 is 23.1 Å². The molecule has 33 heavy (non-hydrogen) atoms. The van der Waals surface area contributed by atoms with Crippen LogP contribution in [0.3, 0.4) is 0 Å². The summed E-state index contributed by atoms with van der Waals surface area (Å²) in [5.74, 6) is 0.0198. The predicted octanol–water partition coefficient (Wildman–Crippen LogP) is 5.49. The Hall–Kier alpha value is -4.07. The molecule has 0 spiro atoms. The van der Waals surface area contributed by atoms with Crippen LogP contribution in [0.15, 0.2) is 77.6 Å². The van der Waals surface area contributed by atoms with Crippen LogP contribution in [0.1, 0.15) is 15.9 Å². The lowest BCUT2D eigenvalue weighted by atomic mass is 10.00. The van der Waals surface area contributed by atoms with Crippen molar-refractivity contribution < 1.29 is 22.7 Å². The van der Waals surface area contributed by atoms with E-state index in [1.165, 1.54) is 25.3 Å². The first-order valence-corrected chi connectivity index (χ1v) is 9.95. The normalized spacial score (nSPS) is 11.4. The van der Waals surface area contributed by atoms with Gasteiger partial charge < -0.3 is 14.6 Å². The van der Waals surface area contributed by atoms with E-state index in [0.29, 0.717) is 16.7 Å². The highest BCUT2D eigenvalue weighted by Crippen LogP contribution is 2.34. The summed E-state index contributed by atoms with van der Waals surface area (Å²) in [6, 6.07) is 17.6. The van der Waals surface area contributed by atoms with E-state index >= 15 is 0 Å². The molecule has 0 saturated heterocycles. The number of carbonyl (C=O) groups is 1. The Morgan fingerprint density at radius 3 is 2.42 bits per heavy atom. The fourth-order valence-corrected chi connectivity index (χ4v) is 3.70. The molecule has 0 aliphatic heterocycles. The Morgan fingerprint density at radius 2 is 1.70 bits per heavy atom. The lowest BCUT2D eigenvalue weighted by molar-refractivity contribution is -0.137. The molecule has 4 rings (SSSR count). The van der Waals surface area contributed by atoms with Crippen molar-refractivity contribution in [2.24, 2.45) is 7.05 Å². The maximum Gasteiger partial charge on any atom is 0.416 e. The molecule has 1 amide bonds. The fourth-order valence-electron chi connectivity index (χ4n) is 3.70. The SMILES string of the molecule is COc1cccc(C(=O)Nc2c(-c3cccc(C(F)(F)F)c3)c(=O)c3ccccc3n2C)c1. The lowest BCUT2D eigenvalue weighted by Gasteiger charge is -2.19. The van der Waals surface area contributed by atoms with Crippen LogP contribution in [0.2, 0.25) is 0 Å². The summed E-state index contributed by atoms with van der Waals surface area (Å²) < 4.78 is 46.8. The van der Waals surface area contributed by atoms with Gasteiger partial charge in [-0.25, -0.2) is 0 Å². The number of para-hydroxylation sites is 1. The quantitative estimate of drug-likeness (QED) is 0.446. The third-order valence-corrected chi connectivity index (χ3v) is 5.35. The van der Waals surface area contributed by atoms with Crippen molar-refractivity contribution in [1.82, 2.24) is 4.57 Å². The second-order valence-electron chi connectivity index (χ2n) is 7.39. The number of benzene rings is 3. The van der Waals surface area contributed by atoms with Gasteiger partial charge in [-0.1, -0.05) is 30.3 Å². The van der Waals surface area contributed by atoms with Crippen LogP contribution in [-0.4, -0.2) is 17.6 Å². The number of anilines is 1. The van der Waals surface area contributed by atoms with Crippen LogP contribution in [0.5, 0.6) is 5.75 Å². The fraction of sp³-hybridized carbons (Fsp3) is 0.120. The third kappa shape index (κ3) is 4.19. The van der Waals surface area contributed by atoms with Crippen molar-refractivity contribution in [3.05, 3.63) is 94.1 Å². The van der Waals surface area contributed by atoms with E-state index in [1.807, 2.05) is 0 Å². The molecule has 3 aromatic carbocycles. The number of halogens is 3. The number of nitrogens with zero attached hydrogens (tertiary/aromatic N) is 1. The van der Waals surface area contributed by atoms with E-state index in [-0.39, 0.29) is 22.5 Å². The van der Waals surface area contributed by atoms with Crippen LogP contribution < -0.4 is 15.5 Å². The van der Waals surface area contributed by atoms with Gasteiger partial charge in [-0.05, 0) is 48.0 Å². The van der Waals surface area contributed by atoms with E-state index in [9.17, 15) is 22.8 Å². The maximum absolute atomic E-state index is 13.4. The molecule has 8 heteroatoms. The van der Waals surface area contributed by atoms with Gasteiger partial charge in [0.15, 0.2) is 5.43 Å². The number of carbonyl (C=O) groups excluding carboxylic acids is 1.